The van der Waals surface area contributed by atoms with Crippen molar-refractivity contribution < 1.29 is 0 Å². The van der Waals surface area contributed by atoms with Crippen LogP contribution in [0.3, 0.4) is 0 Å². The smallest absolute Gasteiger partial charge is 0.255 e. The van der Waals surface area contributed by atoms with Crippen molar-refractivity contribution in [3.63, 3.8) is 0 Å². The van der Waals surface area contributed by atoms with Crippen LogP contribution in [0.4, 0.5) is 0 Å². The summed E-state index contributed by atoms with van der Waals surface area (Å²) in [7, 11) is 0. The number of alkyl halides is 1. The molecule has 3 heteroatoms. The highest BCUT2D eigenvalue weighted by Crippen LogP contribution is 2.24. The van der Waals surface area contributed by atoms with Gasteiger partial charge in [0.1, 0.15) is 0 Å². The van der Waals surface area contributed by atoms with E-state index < -0.39 is 0 Å². The van der Waals surface area contributed by atoms with Gasteiger partial charge in [-0.1, -0.05) is 43.7 Å². The largest absolute Gasteiger partial charge is 0.308 e. The Morgan fingerprint density at radius 1 is 1.14 bits per heavy atom. The molecule has 2 nitrogen and oxygen atoms in total. The maximum Gasteiger partial charge on any atom is 0.255 e. The summed E-state index contributed by atoms with van der Waals surface area (Å²) in [5, 5.41) is 0. The van der Waals surface area contributed by atoms with Gasteiger partial charge >= 0.3 is 0 Å². The van der Waals surface area contributed by atoms with Crippen molar-refractivity contribution in [1.82, 2.24) is 4.57 Å². The van der Waals surface area contributed by atoms with E-state index in [2.05, 4.69) is 45.9 Å². The fourth-order valence-corrected chi connectivity index (χ4v) is 2.81. The van der Waals surface area contributed by atoms with Gasteiger partial charge in [-0.3, -0.25) is 4.79 Å². The Labute approximate surface area is 131 Å². The van der Waals surface area contributed by atoms with Crippen LogP contribution in [0.25, 0.3) is 11.3 Å². The van der Waals surface area contributed by atoms with Gasteiger partial charge in [-0.15, -0.1) is 11.6 Å². The van der Waals surface area contributed by atoms with Crippen molar-refractivity contribution in [3.05, 3.63) is 57.4 Å². The molecule has 0 radical (unpaired) electrons. The lowest BCUT2D eigenvalue weighted by Crippen LogP contribution is -2.26. The molecule has 2 rings (SSSR count). The maximum absolute atomic E-state index is 12.6. The fourth-order valence-electron chi connectivity index (χ4n) is 2.61. The number of aryl methyl sites for hydroxylation is 2. The molecule has 21 heavy (non-hydrogen) atoms. The lowest BCUT2D eigenvalue weighted by Gasteiger charge is -2.18. The second-order valence-electron chi connectivity index (χ2n) is 6.01. The molecule has 0 aliphatic rings. The molecule has 0 fully saturated rings. The van der Waals surface area contributed by atoms with Gasteiger partial charge in [-0.2, -0.15) is 0 Å². The van der Waals surface area contributed by atoms with E-state index in [9.17, 15) is 4.79 Å². The average Bonchev–Trinajstić information content (AvgIpc) is 2.41. The van der Waals surface area contributed by atoms with Crippen molar-refractivity contribution in [1.29, 1.82) is 0 Å². The molecule has 0 amide bonds. The first-order valence-electron chi connectivity index (χ1n) is 7.30. The van der Waals surface area contributed by atoms with Crippen molar-refractivity contribution >= 4 is 11.6 Å². The molecule has 0 spiro atoms. The predicted octanol–water partition coefficient (Wildman–Crippen LogP) is 4.53. The van der Waals surface area contributed by atoms with Gasteiger partial charge in [0.2, 0.25) is 0 Å². The van der Waals surface area contributed by atoms with Gasteiger partial charge < -0.3 is 4.57 Å². The SMILES string of the molecule is Cc1ccc(-c2ccc(CCl)c(=O)n2CC(C)C)c(C)c1. The van der Waals surface area contributed by atoms with Crippen molar-refractivity contribution in [2.24, 2.45) is 5.92 Å². The van der Waals surface area contributed by atoms with Crippen LogP contribution < -0.4 is 5.56 Å². The number of halogens is 1. The lowest BCUT2D eigenvalue weighted by molar-refractivity contribution is 0.513. The summed E-state index contributed by atoms with van der Waals surface area (Å²) in [6.07, 6.45) is 0. The van der Waals surface area contributed by atoms with E-state index >= 15 is 0 Å². The van der Waals surface area contributed by atoms with E-state index in [1.165, 1.54) is 11.1 Å². The lowest BCUT2D eigenvalue weighted by atomic mass is 10.0. The second kappa shape index (κ2) is 6.48. The highest BCUT2D eigenvalue weighted by molar-refractivity contribution is 6.17. The van der Waals surface area contributed by atoms with Gasteiger partial charge in [0, 0.05) is 17.7 Å². The first-order chi connectivity index (χ1) is 9.93. The number of nitrogens with zero attached hydrogens (tertiary/aromatic N) is 1. The van der Waals surface area contributed by atoms with E-state index in [0.29, 0.717) is 18.0 Å². The third kappa shape index (κ3) is 3.38. The second-order valence-corrected chi connectivity index (χ2v) is 6.27. The van der Waals surface area contributed by atoms with Crippen molar-refractivity contribution in [2.75, 3.05) is 0 Å². The zero-order valence-corrected chi connectivity index (χ0v) is 13.9. The van der Waals surface area contributed by atoms with Crippen LogP contribution in [-0.2, 0) is 12.4 Å². The molecule has 0 aliphatic carbocycles. The van der Waals surface area contributed by atoms with Crippen LogP contribution in [-0.4, -0.2) is 4.57 Å². The summed E-state index contributed by atoms with van der Waals surface area (Å²) >= 11 is 5.88. The summed E-state index contributed by atoms with van der Waals surface area (Å²) in [6.45, 7) is 9.10. The zero-order chi connectivity index (χ0) is 15.6. The van der Waals surface area contributed by atoms with Crippen LogP contribution in [0.5, 0.6) is 0 Å². The molecule has 0 aliphatic heterocycles. The van der Waals surface area contributed by atoms with E-state index in [0.717, 1.165) is 11.3 Å². The predicted molar refractivity (Wildman–Crippen MR) is 90.0 cm³/mol. The Bertz CT molecular complexity index is 701. The molecule has 1 heterocycles. The van der Waals surface area contributed by atoms with Crippen LogP contribution in [0.15, 0.2) is 35.1 Å². The van der Waals surface area contributed by atoms with Gasteiger partial charge in [-0.05, 0) is 31.4 Å². The van der Waals surface area contributed by atoms with Crippen molar-refractivity contribution in [2.45, 2.75) is 40.1 Å². The standard InChI is InChI=1S/C18H22ClNO/c1-12(2)11-20-17(8-6-15(10-19)18(20)21)16-7-5-13(3)9-14(16)4/h5-9,12H,10-11H2,1-4H3. The van der Waals surface area contributed by atoms with Gasteiger partial charge in [0.25, 0.3) is 5.56 Å². The van der Waals surface area contributed by atoms with Crippen LogP contribution in [0.1, 0.15) is 30.5 Å². The quantitative estimate of drug-likeness (QED) is 0.761. The van der Waals surface area contributed by atoms with Crippen molar-refractivity contribution in [3.8, 4) is 11.3 Å². The van der Waals surface area contributed by atoms with E-state index in [-0.39, 0.29) is 11.4 Å². The molecule has 112 valence electrons. The first-order valence-corrected chi connectivity index (χ1v) is 7.83. The number of hydrogen-bond acceptors (Lipinski definition) is 1. The summed E-state index contributed by atoms with van der Waals surface area (Å²) in [6, 6.07) is 10.2. The minimum atomic E-state index is 0.0242. The van der Waals surface area contributed by atoms with Crippen LogP contribution in [0, 0.1) is 19.8 Å². The molecule has 1 aromatic heterocycles. The summed E-state index contributed by atoms with van der Waals surface area (Å²) in [5.41, 5.74) is 5.18. The minimum Gasteiger partial charge on any atom is -0.308 e. The molecule has 0 saturated heterocycles. The maximum atomic E-state index is 12.6. The Hall–Kier alpha value is -1.54. The Balaban J connectivity index is 2.67. The third-order valence-corrected chi connectivity index (χ3v) is 3.89. The monoisotopic (exact) mass is 303 g/mol. The molecule has 1 aromatic carbocycles. The molecule has 0 N–H and O–H groups in total. The van der Waals surface area contributed by atoms with Gasteiger partial charge in [0.05, 0.1) is 11.6 Å². The summed E-state index contributed by atoms with van der Waals surface area (Å²) in [4.78, 5) is 12.6. The van der Waals surface area contributed by atoms with E-state index in [4.69, 9.17) is 11.6 Å². The average molecular weight is 304 g/mol. The number of rotatable bonds is 4. The number of hydrogen-bond donors (Lipinski definition) is 0. The third-order valence-electron chi connectivity index (χ3n) is 3.60. The van der Waals surface area contributed by atoms with Crippen LogP contribution >= 0.6 is 11.6 Å². The molecule has 0 saturated carbocycles. The first kappa shape index (κ1) is 15.8. The normalized spacial score (nSPS) is 11.1. The summed E-state index contributed by atoms with van der Waals surface area (Å²) < 4.78 is 1.86. The van der Waals surface area contributed by atoms with Crippen LogP contribution in [0.2, 0.25) is 0 Å². The molecule has 0 unspecified atom stereocenters. The summed E-state index contributed by atoms with van der Waals surface area (Å²) in [5.74, 6) is 0.655. The molecule has 0 atom stereocenters. The Morgan fingerprint density at radius 2 is 1.86 bits per heavy atom. The Kier molecular flexibility index (Phi) is 4.89. The minimum absolute atomic E-state index is 0.0242. The topological polar surface area (TPSA) is 22.0 Å². The molecule has 0 bridgehead atoms. The van der Waals surface area contributed by atoms with Gasteiger partial charge in [-0.25, -0.2) is 0 Å². The fraction of sp³-hybridized carbons (Fsp3) is 0.389. The number of aromatic nitrogens is 1. The number of benzene rings is 1. The number of pyridine rings is 1. The Morgan fingerprint density at radius 3 is 2.43 bits per heavy atom. The zero-order valence-electron chi connectivity index (χ0n) is 13.1. The van der Waals surface area contributed by atoms with E-state index in [1.807, 2.05) is 16.7 Å². The molecule has 2 aromatic rings. The highest BCUT2D eigenvalue weighted by Gasteiger charge is 2.13. The molecular formula is C18H22ClNO. The molecular weight excluding hydrogens is 282 g/mol. The highest BCUT2D eigenvalue weighted by atomic mass is 35.5. The van der Waals surface area contributed by atoms with E-state index in [1.54, 1.807) is 0 Å². The van der Waals surface area contributed by atoms with Gasteiger partial charge in [0.15, 0.2) is 0 Å².